The summed E-state index contributed by atoms with van der Waals surface area (Å²) in [5.74, 6) is 4.65. The number of fused-ring (bicyclic) bond motifs is 1. The third-order valence-corrected chi connectivity index (χ3v) is 4.92. The molecule has 0 spiro atoms. The molecule has 21 heavy (non-hydrogen) atoms. The fourth-order valence-electron chi connectivity index (χ4n) is 2.68. The summed E-state index contributed by atoms with van der Waals surface area (Å²) >= 11 is 1.84. The summed E-state index contributed by atoms with van der Waals surface area (Å²) in [4.78, 5) is 15.3. The number of nitrogens with one attached hydrogen (secondary N) is 1. The van der Waals surface area contributed by atoms with E-state index in [9.17, 15) is 4.79 Å². The highest BCUT2D eigenvalue weighted by molar-refractivity contribution is 7.10. The molecule has 1 atom stereocenters. The van der Waals surface area contributed by atoms with Crippen LogP contribution in [0.3, 0.4) is 0 Å². The van der Waals surface area contributed by atoms with Crippen LogP contribution in [0.2, 0.25) is 0 Å². The molecule has 112 valence electrons. The number of hydrogen-bond donors (Lipinski definition) is 2. The molecule has 2 aromatic heterocycles. The van der Waals surface area contributed by atoms with Crippen LogP contribution < -0.4 is 11.3 Å². The Labute approximate surface area is 126 Å². The highest BCUT2D eigenvalue weighted by atomic mass is 32.1. The number of aromatic nitrogens is 3. The van der Waals surface area contributed by atoms with E-state index in [4.69, 9.17) is 5.84 Å². The van der Waals surface area contributed by atoms with Crippen LogP contribution in [0.5, 0.6) is 0 Å². The second-order valence-electron chi connectivity index (χ2n) is 5.10. The third-order valence-electron chi connectivity index (χ3n) is 3.92. The maximum Gasteiger partial charge on any atom is 0.287 e. The summed E-state index contributed by atoms with van der Waals surface area (Å²) < 4.78 is 1.68. The molecule has 1 aliphatic rings. The average molecular weight is 306 g/mol. The van der Waals surface area contributed by atoms with Crippen LogP contribution in [0.1, 0.15) is 33.9 Å². The first-order valence-corrected chi connectivity index (χ1v) is 7.78. The number of nitrogens with two attached hydrogens (primary N) is 1. The summed E-state index contributed by atoms with van der Waals surface area (Å²) in [6, 6.07) is 2.64. The molecule has 3 rings (SSSR count). The fraction of sp³-hybridized carbons (Fsp3) is 0.462. The Morgan fingerprint density at radius 2 is 2.43 bits per heavy atom. The number of amides is 1. The average Bonchev–Trinajstić information content (AvgIpc) is 3.15. The largest absolute Gasteiger partial charge is 0.294 e. The first-order valence-electron chi connectivity index (χ1n) is 6.90. The van der Waals surface area contributed by atoms with Gasteiger partial charge in [-0.05, 0) is 30.4 Å². The number of hydrazine groups is 1. The molecule has 8 heteroatoms. The van der Waals surface area contributed by atoms with Crippen LogP contribution in [0.4, 0.5) is 0 Å². The quantitative estimate of drug-likeness (QED) is 0.489. The summed E-state index contributed by atoms with van der Waals surface area (Å²) in [6.07, 6.45) is 2.72. The molecule has 0 fully saturated rings. The molecule has 1 aliphatic heterocycles. The van der Waals surface area contributed by atoms with Gasteiger partial charge in [-0.25, -0.2) is 5.84 Å². The van der Waals surface area contributed by atoms with Gasteiger partial charge in [-0.1, -0.05) is 5.21 Å². The van der Waals surface area contributed by atoms with E-state index in [0.29, 0.717) is 12.6 Å². The summed E-state index contributed by atoms with van der Waals surface area (Å²) in [5, 5.41) is 9.92. The number of carbonyl (C=O) groups is 1. The lowest BCUT2D eigenvalue weighted by Crippen LogP contribution is -2.35. The minimum absolute atomic E-state index is 0.240. The highest BCUT2D eigenvalue weighted by Crippen LogP contribution is 2.32. The van der Waals surface area contributed by atoms with Crippen LogP contribution in [0.25, 0.3) is 0 Å². The normalized spacial score (nSPS) is 18.5. The van der Waals surface area contributed by atoms with Crippen molar-refractivity contribution in [3.05, 3.63) is 33.8 Å². The number of carbonyl (C=O) groups excluding carboxylic acids is 1. The molecular formula is C13H18N6OS. The van der Waals surface area contributed by atoms with E-state index >= 15 is 0 Å². The van der Waals surface area contributed by atoms with Crippen molar-refractivity contribution < 1.29 is 4.79 Å². The molecule has 1 amide bonds. The lowest BCUT2D eigenvalue weighted by atomic mass is 10.0. The molecule has 0 radical (unpaired) electrons. The molecule has 0 bridgehead atoms. The lowest BCUT2D eigenvalue weighted by Gasteiger charge is -2.33. The molecular weight excluding hydrogens is 288 g/mol. The van der Waals surface area contributed by atoms with Gasteiger partial charge < -0.3 is 0 Å². The van der Waals surface area contributed by atoms with Crippen LogP contribution in [0.15, 0.2) is 17.6 Å². The van der Waals surface area contributed by atoms with Gasteiger partial charge in [0.05, 0.1) is 12.7 Å². The van der Waals surface area contributed by atoms with Crippen molar-refractivity contribution in [3.8, 4) is 0 Å². The maximum absolute atomic E-state index is 11.3. The van der Waals surface area contributed by atoms with Gasteiger partial charge in [-0.2, -0.15) is 0 Å². The summed E-state index contributed by atoms with van der Waals surface area (Å²) in [5.41, 5.74) is 3.73. The second kappa shape index (κ2) is 5.92. The summed E-state index contributed by atoms with van der Waals surface area (Å²) in [7, 11) is 0. The van der Waals surface area contributed by atoms with Crippen molar-refractivity contribution in [2.75, 3.05) is 13.1 Å². The molecule has 3 N–H and O–H groups in total. The first kappa shape index (κ1) is 14.2. The molecule has 1 unspecified atom stereocenters. The van der Waals surface area contributed by atoms with Gasteiger partial charge in [0.25, 0.3) is 5.91 Å². The number of rotatable bonds is 4. The van der Waals surface area contributed by atoms with Gasteiger partial charge in [-0.15, -0.1) is 16.4 Å². The van der Waals surface area contributed by atoms with Crippen LogP contribution in [0, 0.1) is 0 Å². The van der Waals surface area contributed by atoms with Crippen LogP contribution in [-0.2, 0) is 13.0 Å². The van der Waals surface area contributed by atoms with E-state index in [0.717, 1.165) is 19.5 Å². The Kier molecular flexibility index (Phi) is 4.00. The van der Waals surface area contributed by atoms with E-state index in [-0.39, 0.29) is 5.69 Å². The van der Waals surface area contributed by atoms with Crippen LogP contribution in [-0.4, -0.2) is 38.9 Å². The zero-order valence-electron chi connectivity index (χ0n) is 11.8. The Morgan fingerprint density at radius 3 is 3.24 bits per heavy atom. The Balaban J connectivity index is 1.61. The fourth-order valence-corrected chi connectivity index (χ4v) is 3.65. The highest BCUT2D eigenvalue weighted by Gasteiger charge is 2.24. The molecule has 0 saturated heterocycles. The van der Waals surface area contributed by atoms with E-state index in [2.05, 4.69) is 39.0 Å². The van der Waals surface area contributed by atoms with Gasteiger partial charge in [-0.3, -0.25) is 19.8 Å². The smallest absolute Gasteiger partial charge is 0.287 e. The molecule has 0 aliphatic carbocycles. The number of nitrogen functional groups attached to an aromatic ring is 1. The van der Waals surface area contributed by atoms with E-state index in [1.807, 2.05) is 11.3 Å². The zero-order valence-corrected chi connectivity index (χ0v) is 12.6. The Hall–Kier alpha value is -1.77. The van der Waals surface area contributed by atoms with Gasteiger partial charge >= 0.3 is 0 Å². The molecule has 7 nitrogen and oxygen atoms in total. The van der Waals surface area contributed by atoms with Gasteiger partial charge in [0.15, 0.2) is 5.69 Å². The number of nitrogens with zero attached hydrogens (tertiary/aromatic N) is 4. The zero-order chi connectivity index (χ0) is 14.8. The Morgan fingerprint density at radius 1 is 1.57 bits per heavy atom. The number of hydrogen-bond acceptors (Lipinski definition) is 6. The molecule has 0 saturated carbocycles. The predicted octanol–water partition coefficient (Wildman–Crippen LogP) is 0.562. The van der Waals surface area contributed by atoms with E-state index < -0.39 is 5.91 Å². The van der Waals surface area contributed by atoms with E-state index in [1.165, 1.54) is 10.4 Å². The van der Waals surface area contributed by atoms with Crippen LogP contribution >= 0.6 is 11.3 Å². The van der Waals surface area contributed by atoms with Crippen molar-refractivity contribution in [2.45, 2.75) is 25.9 Å². The minimum atomic E-state index is -0.421. The third kappa shape index (κ3) is 2.82. The van der Waals surface area contributed by atoms with Crippen molar-refractivity contribution in [1.82, 2.24) is 25.3 Å². The predicted molar refractivity (Wildman–Crippen MR) is 79.7 cm³/mol. The molecule has 3 heterocycles. The molecule has 0 aromatic carbocycles. The lowest BCUT2D eigenvalue weighted by molar-refractivity contribution is 0.0948. The SMILES string of the molecule is CC1c2ccsc2CCN1CCn1cc(C(=O)NN)nn1. The maximum atomic E-state index is 11.3. The van der Waals surface area contributed by atoms with Crippen molar-refractivity contribution in [2.24, 2.45) is 5.84 Å². The topological polar surface area (TPSA) is 89.1 Å². The Bertz CT molecular complexity index is 636. The summed E-state index contributed by atoms with van der Waals surface area (Å²) in [6.45, 7) is 4.87. The standard InChI is InChI=1S/C13H18N6OS/c1-9-10-3-7-21-12(10)2-4-18(9)5-6-19-8-11(16-17-19)13(20)15-14/h3,7-9H,2,4-6,14H2,1H3,(H,15,20). The minimum Gasteiger partial charge on any atom is -0.294 e. The van der Waals surface area contributed by atoms with Crippen molar-refractivity contribution in [1.29, 1.82) is 0 Å². The van der Waals surface area contributed by atoms with Gasteiger partial charge in [0.2, 0.25) is 0 Å². The van der Waals surface area contributed by atoms with Gasteiger partial charge in [0, 0.05) is 24.0 Å². The number of thiophene rings is 1. The second-order valence-corrected chi connectivity index (χ2v) is 6.10. The first-order chi connectivity index (χ1) is 10.2. The van der Waals surface area contributed by atoms with Crippen molar-refractivity contribution in [3.63, 3.8) is 0 Å². The van der Waals surface area contributed by atoms with Crippen molar-refractivity contribution >= 4 is 17.2 Å². The molecule has 2 aromatic rings. The van der Waals surface area contributed by atoms with E-state index in [1.54, 1.807) is 10.9 Å². The van der Waals surface area contributed by atoms with Gasteiger partial charge in [0.1, 0.15) is 0 Å². The monoisotopic (exact) mass is 306 g/mol.